The summed E-state index contributed by atoms with van der Waals surface area (Å²) >= 11 is 5.43. The topological polar surface area (TPSA) is 47.6 Å². The van der Waals surface area contributed by atoms with Gasteiger partial charge in [0.1, 0.15) is 12.5 Å². The van der Waals surface area contributed by atoms with Gasteiger partial charge in [-0.2, -0.15) is 0 Å². The Morgan fingerprint density at radius 1 is 1.53 bits per heavy atom. The number of alkyl halides is 1. The number of fused-ring (bicyclic) bond motifs is 1. The normalized spacial score (nSPS) is 19.5. The Morgan fingerprint density at radius 3 is 2.94 bits per heavy atom. The first-order chi connectivity index (χ1) is 8.20. The number of nitrogens with one attached hydrogen (secondary N) is 1. The van der Waals surface area contributed by atoms with Crippen LogP contribution in [0.1, 0.15) is 6.92 Å². The first kappa shape index (κ1) is 12.0. The maximum Gasteiger partial charge on any atom is 0.235 e. The smallest absolute Gasteiger partial charge is 0.235 e. The van der Waals surface area contributed by atoms with E-state index in [4.69, 9.17) is 21.1 Å². The Labute approximate surface area is 105 Å². The third-order valence-electron chi connectivity index (χ3n) is 2.60. The average molecular weight is 256 g/mol. The van der Waals surface area contributed by atoms with Crippen molar-refractivity contribution in [1.29, 1.82) is 0 Å². The van der Waals surface area contributed by atoms with Crippen LogP contribution in [0.25, 0.3) is 0 Å². The maximum absolute atomic E-state index is 11.2. The molecule has 1 aliphatic heterocycles. The molecule has 92 valence electrons. The van der Waals surface area contributed by atoms with Gasteiger partial charge in [0, 0.05) is 0 Å². The zero-order chi connectivity index (χ0) is 12.3. The van der Waals surface area contributed by atoms with E-state index in [0.29, 0.717) is 12.4 Å². The molecule has 1 heterocycles. The zero-order valence-electron chi connectivity index (χ0n) is 9.48. The van der Waals surface area contributed by atoms with Crippen LogP contribution < -0.4 is 14.8 Å². The van der Waals surface area contributed by atoms with Crippen molar-refractivity contribution in [2.45, 2.75) is 19.1 Å². The first-order valence-electron chi connectivity index (χ1n) is 5.44. The van der Waals surface area contributed by atoms with Gasteiger partial charge in [0.2, 0.25) is 5.91 Å². The van der Waals surface area contributed by atoms with Crippen molar-refractivity contribution in [1.82, 2.24) is 5.32 Å². The van der Waals surface area contributed by atoms with E-state index in [2.05, 4.69) is 5.32 Å². The second-order valence-corrected chi connectivity index (χ2v) is 4.17. The standard InChI is InChI=1S/C12H14ClNO3/c1-8(14-12(15)6-13)11-7-16-9-4-2-3-5-10(9)17-11/h2-5,8,11H,6-7H2,1H3,(H,14,15)/t8-,11-/m0/s1. The lowest BCUT2D eigenvalue weighted by atomic mass is 10.1. The van der Waals surface area contributed by atoms with Gasteiger partial charge in [-0.25, -0.2) is 0 Å². The van der Waals surface area contributed by atoms with Crippen LogP contribution in [0.3, 0.4) is 0 Å². The molecule has 0 bridgehead atoms. The molecule has 0 radical (unpaired) electrons. The van der Waals surface area contributed by atoms with Gasteiger partial charge in [-0.1, -0.05) is 12.1 Å². The quantitative estimate of drug-likeness (QED) is 0.834. The molecule has 2 rings (SSSR count). The summed E-state index contributed by atoms with van der Waals surface area (Å²) in [7, 11) is 0. The highest BCUT2D eigenvalue weighted by atomic mass is 35.5. The molecule has 0 unspecified atom stereocenters. The van der Waals surface area contributed by atoms with Crippen molar-refractivity contribution in [3.05, 3.63) is 24.3 Å². The van der Waals surface area contributed by atoms with Crippen LogP contribution in [-0.2, 0) is 4.79 Å². The summed E-state index contributed by atoms with van der Waals surface area (Å²) in [5, 5.41) is 2.75. The predicted molar refractivity (Wildman–Crippen MR) is 64.7 cm³/mol. The third-order valence-corrected chi connectivity index (χ3v) is 2.84. The van der Waals surface area contributed by atoms with E-state index < -0.39 is 0 Å². The van der Waals surface area contributed by atoms with E-state index in [0.717, 1.165) is 5.75 Å². The highest BCUT2D eigenvalue weighted by molar-refractivity contribution is 6.27. The van der Waals surface area contributed by atoms with Crippen LogP contribution in [0.5, 0.6) is 11.5 Å². The van der Waals surface area contributed by atoms with Crippen LogP contribution in [-0.4, -0.2) is 30.5 Å². The minimum absolute atomic E-state index is 0.0471. The number of para-hydroxylation sites is 2. The number of benzene rings is 1. The van der Waals surface area contributed by atoms with Crippen LogP contribution in [0.15, 0.2) is 24.3 Å². The van der Waals surface area contributed by atoms with Crippen LogP contribution in [0.4, 0.5) is 0 Å². The summed E-state index contributed by atoms with van der Waals surface area (Å²) in [6.07, 6.45) is -0.197. The van der Waals surface area contributed by atoms with Crippen molar-refractivity contribution >= 4 is 17.5 Å². The monoisotopic (exact) mass is 255 g/mol. The molecule has 4 nitrogen and oxygen atoms in total. The van der Waals surface area contributed by atoms with Crippen LogP contribution in [0.2, 0.25) is 0 Å². The number of halogens is 1. The van der Waals surface area contributed by atoms with Gasteiger partial charge >= 0.3 is 0 Å². The average Bonchev–Trinajstić information content (AvgIpc) is 2.38. The van der Waals surface area contributed by atoms with E-state index >= 15 is 0 Å². The van der Waals surface area contributed by atoms with Gasteiger partial charge in [0.05, 0.1) is 6.04 Å². The third kappa shape index (κ3) is 2.82. The fourth-order valence-electron chi connectivity index (χ4n) is 1.67. The molecule has 0 fully saturated rings. The molecular formula is C12H14ClNO3. The highest BCUT2D eigenvalue weighted by Crippen LogP contribution is 2.31. The first-order valence-corrected chi connectivity index (χ1v) is 5.98. The fraction of sp³-hybridized carbons (Fsp3) is 0.417. The summed E-state index contributed by atoms with van der Waals surface area (Å²) in [5.41, 5.74) is 0. The van der Waals surface area contributed by atoms with E-state index in [1.807, 2.05) is 31.2 Å². The van der Waals surface area contributed by atoms with Crippen LogP contribution >= 0.6 is 11.6 Å². The van der Waals surface area contributed by atoms with Gasteiger partial charge in [-0.3, -0.25) is 4.79 Å². The summed E-state index contributed by atoms with van der Waals surface area (Å²) in [4.78, 5) is 11.2. The number of amides is 1. The summed E-state index contributed by atoms with van der Waals surface area (Å²) in [6, 6.07) is 7.33. The Balaban J connectivity index is 2.00. The maximum atomic E-state index is 11.2. The van der Waals surface area contributed by atoms with Gasteiger partial charge < -0.3 is 14.8 Å². The fourth-order valence-corrected chi connectivity index (χ4v) is 1.74. The SMILES string of the molecule is C[C@H](NC(=O)CCl)[C@@H]1COc2ccccc2O1. The molecule has 0 saturated heterocycles. The van der Waals surface area contributed by atoms with E-state index in [-0.39, 0.29) is 23.9 Å². The lowest BCUT2D eigenvalue weighted by molar-refractivity contribution is -0.120. The molecule has 1 aliphatic rings. The molecule has 0 spiro atoms. The van der Waals surface area contributed by atoms with Gasteiger partial charge in [-0.05, 0) is 19.1 Å². The summed E-state index contributed by atoms with van der Waals surface area (Å²) in [6.45, 7) is 2.28. The lowest BCUT2D eigenvalue weighted by Crippen LogP contribution is -2.48. The van der Waals surface area contributed by atoms with E-state index in [9.17, 15) is 4.79 Å². The van der Waals surface area contributed by atoms with E-state index in [1.54, 1.807) is 0 Å². The molecule has 5 heteroatoms. The second-order valence-electron chi connectivity index (χ2n) is 3.90. The number of carbonyl (C=O) groups is 1. The minimum atomic E-state index is -0.207. The molecule has 1 aromatic carbocycles. The van der Waals surface area contributed by atoms with Gasteiger partial charge in [0.25, 0.3) is 0 Å². The number of hydrogen-bond donors (Lipinski definition) is 1. The molecule has 0 aliphatic carbocycles. The highest BCUT2D eigenvalue weighted by Gasteiger charge is 2.26. The van der Waals surface area contributed by atoms with Crippen LogP contribution in [0, 0.1) is 0 Å². The molecule has 17 heavy (non-hydrogen) atoms. The van der Waals surface area contributed by atoms with Crippen molar-refractivity contribution in [3.63, 3.8) is 0 Å². The van der Waals surface area contributed by atoms with Crippen molar-refractivity contribution in [2.24, 2.45) is 0 Å². The molecule has 1 amide bonds. The number of hydrogen-bond acceptors (Lipinski definition) is 3. The van der Waals surface area contributed by atoms with Crippen molar-refractivity contribution in [3.8, 4) is 11.5 Å². The predicted octanol–water partition coefficient (Wildman–Crippen LogP) is 1.57. The molecular weight excluding hydrogens is 242 g/mol. The Kier molecular flexibility index (Phi) is 3.74. The second kappa shape index (κ2) is 5.27. The molecule has 0 saturated carbocycles. The largest absolute Gasteiger partial charge is 0.486 e. The van der Waals surface area contributed by atoms with Gasteiger partial charge in [-0.15, -0.1) is 11.6 Å². The Morgan fingerprint density at radius 2 is 2.24 bits per heavy atom. The summed E-state index contributed by atoms with van der Waals surface area (Å²) < 4.78 is 11.3. The molecule has 1 aromatic rings. The Bertz CT molecular complexity index is 410. The zero-order valence-corrected chi connectivity index (χ0v) is 10.2. The number of ether oxygens (including phenoxy) is 2. The van der Waals surface area contributed by atoms with E-state index in [1.165, 1.54) is 0 Å². The number of rotatable bonds is 3. The van der Waals surface area contributed by atoms with Crippen molar-refractivity contribution in [2.75, 3.05) is 12.5 Å². The van der Waals surface area contributed by atoms with Crippen molar-refractivity contribution < 1.29 is 14.3 Å². The van der Waals surface area contributed by atoms with Gasteiger partial charge in [0.15, 0.2) is 17.6 Å². The number of carbonyl (C=O) groups excluding carboxylic acids is 1. The lowest BCUT2D eigenvalue weighted by Gasteiger charge is -2.30. The minimum Gasteiger partial charge on any atom is -0.486 e. The summed E-state index contributed by atoms with van der Waals surface area (Å²) in [5.74, 6) is 1.19. The molecule has 2 atom stereocenters. The molecule has 1 N–H and O–H groups in total. The molecule has 0 aromatic heterocycles. The Hall–Kier alpha value is -1.42.